The van der Waals surface area contributed by atoms with Gasteiger partial charge in [0, 0.05) is 12.6 Å². The molecule has 3 aliphatic rings. The second-order valence-electron chi connectivity index (χ2n) is 5.18. The zero-order valence-corrected chi connectivity index (χ0v) is 11.1. The highest BCUT2D eigenvalue weighted by Crippen LogP contribution is 2.27. The van der Waals surface area contributed by atoms with Crippen LogP contribution in [0.25, 0.3) is 0 Å². The van der Waals surface area contributed by atoms with E-state index >= 15 is 0 Å². The predicted molar refractivity (Wildman–Crippen MR) is 68.2 cm³/mol. The summed E-state index contributed by atoms with van der Waals surface area (Å²) in [5, 5.41) is 0. The summed E-state index contributed by atoms with van der Waals surface area (Å²) < 4.78 is 26.6. The molecule has 3 saturated heterocycles. The zero-order valence-electron chi connectivity index (χ0n) is 10.3. The van der Waals surface area contributed by atoms with Gasteiger partial charge in [0.2, 0.25) is 10.0 Å². The molecule has 0 saturated carbocycles. The van der Waals surface area contributed by atoms with Crippen molar-refractivity contribution in [2.24, 2.45) is 11.7 Å². The number of fused-ring (bicyclic) bond motifs is 3. The molecule has 1 atom stereocenters. The smallest absolute Gasteiger partial charge is 0.211 e. The van der Waals surface area contributed by atoms with Crippen molar-refractivity contribution >= 4 is 10.0 Å². The van der Waals surface area contributed by atoms with Crippen LogP contribution >= 0.6 is 0 Å². The van der Waals surface area contributed by atoms with E-state index < -0.39 is 10.0 Å². The minimum Gasteiger partial charge on any atom is -0.330 e. The lowest BCUT2D eigenvalue weighted by Crippen LogP contribution is -2.57. The maximum Gasteiger partial charge on any atom is 0.211 e. The molecule has 100 valence electrons. The quantitative estimate of drug-likeness (QED) is 0.646. The van der Waals surface area contributed by atoms with Gasteiger partial charge in [-0.25, -0.2) is 13.1 Å². The number of sulfonamides is 1. The monoisotopic (exact) mass is 261 g/mol. The summed E-state index contributed by atoms with van der Waals surface area (Å²) in [5.74, 6) is 0.761. The topological polar surface area (TPSA) is 75.4 Å². The summed E-state index contributed by atoms with van der Waals surface area (Å²) in [7, 11) is -3.11. The molecule has 3 aliphatic heterocycles. The molecule has 0 aromatic rings. The molecule has 2 bridgehead atoms. The van der Waals surface area contributed by atoms with Crippen LogP contribution in [0.15, 0.2) is 0 Å². The van der Waals surface area contributed by atoms with Crippen LogP contribution in [0.1, 0.15) is 25.7 Å². The molecule has 3 fully saturated rings. The zero-order chi connectivity index (χ0) is 12.3. The summed E-state index contributed by atoms with van der Waals surface area (Å²) in [6, 6.07) is 0.139. The van der Waals surface area contributed by atoms with Gasteiger partial charge in [-0.2, -0.15) is 0 Å². The first-order chi connectivity index (χ1) is 8.11. The molecule has 1 unspecified atom stereocenters. The first-order valence-electron chi connectivity index (χ1n) is 6.53. The van der Waals surface area contributed by atoms with Crippen molar-refractivity contribution in [1.29, 1.82) is 0 Å². The lowest BCUT2D eigenvalue weighted by Gasteiger charge is -2.44. The Labute approximate surface area is 104 Å². The number of nitrogens with two attached hydrogens (primary N) is 1. The van der Waals surface area contributed by atoms with Crippen molar-refractivity contribution in [1.82, 2.24) is 9.62 Å². The Kier molecular flexibility index (Phi) is 4.41. The van der Waals surface area contributed by atoms with Gasteiger partial charge in [-0.15, -0.1) is 0 Å². The van der Waals surface area contributed by atoms with Gasteiger partial charge in [-0.05, 0) is 51.2 Å². The van der Waals surface area contributed by atoms with E-state index in [1.807, 2.05) is 0 Å². The minimum atomic E-state index is -3.11. The van der Waals surface area contributed by atoms with Crippen molar-refractivity contribution in [3.05, 3.63) is 0 Å². The number of unbranched alkanes of at least 4 members (excludes halogenated alkanes) is 1. The predicted octanol–water partition coefficient (Wildman–Crippen LogP) is -0.261. The summed E-state index contributed by atoms with van der Waals surface area (Å²) in [4.78, 5) is 2.35. The number of hydrogen-bond acceptors (Lipinski definition) is 4. The lowest BCUT2D eigenvalue weighted by atomic mass is 9.85. The van der Waals surface area contributed by atoms with Crippen LogP contribution in [-0.2, 0) is 10.0 Å². The highest BCUT2D eigenvalue weighted by Gasteiger charge is 2.35. The Hall–Kier alpha value is -0.170. The Balaban J connectivity index is 1.83. The van der Waals surface area contributed by atoms with Crippen LogP contribution in [0, 0.1) is 5.92 Å². The minimum absolute atomic E-state index is 0.139. The Morgan fingerprint density at radius 2 is 1.94 bits per heavy atom. The molecule has 0 spiro atoms. The number of nitrogens with zero attached hydrogens (tertiary/aromatic N) is 1. The first kappa shape index (κ1) is 13.3. The van der Waals surface area contributed by atoms with E-state index in [2.05, 4.69) is 9.62 Å². The van der Waals surface area contributed by atoms with Gasteiger partial charge < -0.3 is 10.6 Å². The van der Waals surface area contributed by atoms with Gasteiger partial charge in [0.25, 0.3) is 0 Å². The van der Waals surface area contributed by atoms with Gasteiger partial charge in [0.05, 0.1) is 5.75 Å². The van der Waals surface area contributed by atoms with Crippen molar-refractivity contribution in [3.8, 4) is 0 Å². The average molecular weight is 261 g/mol. The van der Waals surface area contributed by atoms with Crippen LogP contribution in [0.5, 0.6) is 0 Å². The largest absolute Gasteiger partial charge is 0.330 e. The molecule has 0 aliphatic carbocycles. The van der Waals surface area contributed by atoms with Crippen molar-refractivity contribution in [2.75, 3.05) is 31.9 Å². The van der Waals surface area contributed by atoms with E-state index in [1.54, 1.807) is 0 Å². The van der Waals surface area contributed by atoms with Crippen molar-refractivity contribution < 1.29 is 8.42 Å². The fraction of sp³-hybridized carbons (Fsp3) is 1.00. The fourth-order valence-corrected chi connectivity index (χ4v) is 4.25. The van der Waals surface area contributed by atoms with E-state index in [1.165, 1.54) is 0 Å². The molecule has 17 heavy (non-hydrogen) atoms. The van der Waals surface area contributed by atoms with E-state index in [-0.39, 0.29) is 11.8 Å². The SMILES string of the molecule is NCCCCS(=O)(=O)NC1CN2CCC1CC2. The van der Waals surface area contributed by atoms with Gasteiger partial charge in [0.1, 0.15) is 0 Å². The molecule has 0 amide bonds. The molecule has 3 N–H and O–H groups in total. The molecular formula is C11H23N3O2S. The molecule has 6 heteroatoms. The van der Waals surface area contributed by atoms with Crippen LogP contribution in [-0.4, -0.2) is 51.3 Å². The molecule has 0 radical (unpaired) electrons. The second kappa shape index (κ2) is 5.65. The van der Waals surface area contributed by atoms with Crippen LogP contribution < -0.4 is 10.5 Å². The van der Waals surface area contributed by atoms with E-state index in [9.17, 15) is 8.42 Å². The van der Waals surface area contributed by atoms with Gasteiger partial charge in [-0.1, -0.05) is 0 Å². The molecule has 5 nitrogen and oxygen atoms in total. The Morgan fingerprint density at radius 3 is 2.47 bits per heavy atom. The molecule has 3 rings (SSSR count). The van der Waals surface area contributed by atoms with Gasteiger partial charge >= 0.3 is 0 Å². The normalized spacial score (nSPS) is 32.9. The number of rotatable bonds is 6. The van der Waals surface area contributed by atoms with Crippen molar-refractivity contribution in [3.63, 3.8) is 0 Å². The first-order valence-corrected chi connectivity index (χ1v) is 8.18. The van der Waals surface area contributed by atoms with Crippen molar-refractivity contribution in [2.45, 2.75) is 31.7 Å². The number of piperidine rings is 3. The third-order valence-corrected chi connectivity index (χ3v) is 5.34. The highest BCUT2D eigenvalue weighted by atomic mass is 32.2. The molecule has 3 heterocycles. The van der Waals surface area contributed by atoms with Crippen LogP contribution in [0.2, 0.25) is 0 Å². The van der Waals surface area contributed by atoms with Crippen LogP contribution in [0.3, 0.4) is 0 Å². The second-order valence-corrected chi connectivity index (χ2v) is 7.05. The molecular weight excluding hydrogens is 238 g/mol. The third-order valence-electron chi connectivity index (χ3n) is 3.85. The molecule has 0 aromatic carbocycles. The third kappa shape index (κ3) is 3.64. The Morgan fingerprint density at radius 1 is 1.24 bits per heavy atom. The summed E-state index contributed by atoms with van der Waals surface area (Å²) in [5.41, 5.74) is 5.37. The van der Waals surface area contributed by atoms with E-state index in [0.717, 1.165) is 38.9 Å². The Bertz CT molecular complexity index is 337. The van der Waals surface area contributed by atoms with Gasteiger partial charge in [-0.3, -0.25) is 0 Å². The summed E-state index contributed by atoms with van der Waals surface area (Å²) in [6.07, 6.45) is 3.71. The summed E-state index contributed by atoms with van der Waals surface area (Å²) >= 11 is 0. The van der Waals surface area contributed by atoms with E-state index in [4.69, 9.17) is 5.73 Å². The van der Waals surface area contributed by atoms with Crippen LogP contribution in [0.4, 0.5) is 0 Å². The molecule has 0 aromatic heterocycles. The maximum absolute atomic E-state index is 11.9. The maximum atomic E-state index is 11.9. The van der Waals surface area contributed by atoms with E-state index in [0.29, 0.717) is 18.9 Å². The summed E-state index contributed by atoms with van der Waals surface area (Å²) in [6.45, 7) is 3.72. The van der Waals surface area contributed by atoms with Gasteiger partial charge in [0.15, 0.2) is 0 Å². The average Bonchev–Trinajstić information content (AvgIpc) is 2.30. The fourth-order valence-electron chi connectivity index (χ4n) is 2.82. The standard InChI is InChI=1S/C11H23N3O2S/c12-5-1-2-8-17(15,16)13-11-9-14-6-3-10(11)4-7-14/h10-11,13H,1-9,12H2. The number of hydrogen-bond donors (Lipinski definition) is 2. The number of nitrogens with one attached hydrogen (secondary N) is 1. The highest BCUT2D eigenvalue weighted by molar-refractivity contribution is 7.89. The lowest BCUT2D eigenvalue weighted by molar-refractivity contribution is 0.0827.